The SMILES string of the molecule is [CH2-][NH+]1CCC[C@H]1CNC. The Kier molecular flexibility index (Phi) is 2.49. The fourth-order valence-electron chi connectivity index (χ4n) is 1.48. The van der Waals surface area contributed by atoms with Gasteiger partial charge in [-0.05, 0) is 13.5 Å². The summed E-state index contributed by atoms with van der Waals surface area (Å²) in [6.07, 6.45) is 2.70. The van der Waals surface area contributed by atoms with Gasteiger partial charge in [-0.15, -0.1) is 0 Å². The van der Waals surface area contributed by atoms with Crippen molar-refractivity contribution < 1.29 is 4.90 Å². The van der Waals surface area contributed by atoms with Gasteiger partial charge < -0.3 is 10.2 Å². The van der Waals surface area contributed by atoms with Gasteiger partial charge in [0.2, 0.25) is 0 Å². The Morgan fingerprint density at radius 3 is 3.00 bits per heavy atom. The van der Waals surface area contributed by atoms with Gasteiger partial charge in [-0.3, -0.25) is 0 Å². The molecule has 0 bridgehead atoms. The molecule has 2 atom stereocenters. The van der Waals surface area contributed by atoms with E-state index >= 15 is 0 Å². The maximum Gasteiger partial charge on any atom is 0.0763 e. The summed E-state index contributed by atoms with van der Waals surface area (Å²) in [5, 5.41) is 3.18. The highest BCUT2D eigenvalue weighted by Gasteiger charge is 2.19. The quantitative estimate of drug-likeness (QED) is 0.458. The molecule has 1 fully saturated rings. The van der Waals surface area contributed by atoms with E-state index in [1.807, 2.05) is 7.05 Å². The Morgan fingerprint density at radius 2 is 2.56 bits per heavy atom. The molecule has 1 aliphatic rings. The highest BCUT2D eigenvalue weighted by molar-refractivity contribution is 4.63. The maximum atomic E-state index is 4.01. The second-order valence-corrected chi connectivity index (χ2v) is 2.81. The predicted molar refractivity (Wildman–Crippen MR) is 38.1 cm³/mol. The summed E-state index contributed by atoms with van der Waals surface area (Å²) >= 11 is 0. The zero-order valence-corrected chi connectivity index (χ0v) is 6.11. The van der Waals surface area contributed by atoms with Gasteiger partial charge in [-0.1, -0.05) is 0 Å². The second-order valence-electron chi connectivity index (χ2n) is 2.81. The monoisotopic (exact) mass is 128 g/mol. The van der Waals surface area contributed by atoms with Gasteiger partial charge in [0.05, 0.1) is 12.6 Å². The molecule has 2 heteroatoms. The van der Waals surface area contributed by atoms with Crippen molar-refractivity contribution in [3.63, 3.8) is 0 Å². The molecule has 1 saturated heterocycles. The average Bonchev–Trinajstić information content (AvgIpc) is 2.18. The summed E-state index contributed by atoms with van der Waals surface area (Å²) < 4.78 is 0. The summed E-state index contributed by atoms with van der Waals surface area (Å²) in [5.74, 6) is 0. The smallest absolute Gasteiger partial charge is 0.0763 e. The third kappa shape index (κ3) is 1.66. The number of hydrogen-bond donors (Lipinski definition) is 2. The Bertz CT molecular complexity index is 83.0. The van der Waals surface area contributed by atoms with Gasteiger partial charge in [-0.25, -0.2) is 0 Å². The van der Waals surface area contributed by atoms with Gasteiger partial charge in [0, 0.05) is 13.0 Å². The van der Waals surface area contributed by atoms with Crippen LogP contribution in [0, 0.1) is 7.05 Å². The summed E-state index contributed by atoms with van der Waals surface area (Å²) in [6.45, 7) is 2.38. The zero-order valence-electron chi connectivity index (χ0n) is 6.11. The third-order valence-electron chi connectivity index (χ3n) is 2.08. The molecule has 1 unspecified atom stereocenters. The van der Waals surface area contributed by atoms with E-state index < -0.39 is 0 Å². The molecule has 0 saturated carbocycles. The molecule has 0 spiro atoms. The van der Waals surface area contributed by atoms with Crippen molar-refractivity contribution in [3.05, 3.63) is 7.05 Å². The van der Waals surface area contributed by atoms with Crippen molar-refractivity contribution in [2.75, 3.05) is 20.1 Å². The Hall–Kier alpha value is -0.0800. The summed E-state index contributed by atoms with van der Waals surface area (Å²) in [6, 6.07) is 0.773. The van der Waals surface area contributed by atoms with E-state index in [0.717, 1.165) is 12.6 Å². The lowest BCUT2D eigenvalue weighted by molar-refractivity contribution is -0.865. The van der Waals surface area contributed by atoms with E-state index in [-0.39, 0.29) is 0 Å². The van der Waals surface area contributed by atoms with E-state index in [0.29, 0.717) is 0 Å². The van der Waals surface area contributed by atoms with E-state index in [1.165, 1.54) is 24.3 Å². The predicted octanol–water partition coefficient (Wildman–Crippen LogP) is -0.955. The molecule has 0 amide bonds. The largest absolute Gasteiger partial charge is 0.464 e. The van der Waals surface area contributed by atoms with Crippen LogP contribution in [0.3, 0.4) is 0 Å². The number of rotatable bonds is 2. The molecule has 0 aromatic heterocycles. The highest BCUT2D eigenvalue weighted by atomic mass is 15.2. The van der Waals surface area contributed by atoms with Gasteiger partial charge in [0.25, 0.3) is 0 Å². The van der Waals surface area contributed by atoms with Crippen LogP contribution in [0.25, 0.3) is 0 Å². The molecule has 1 rings (SSSR count). The normalized spacial score (nSPS) is 35.3. The van der Waals surface area contributed by atoms with Gasteiger partial charge in [-0.2, -0.15) is 7.05 Å². The van der Waals surface area contributed by atoms with Crippen LogP contribution in [0.5, 0.6) is 0 Å². The van der Waals surface area contributed by atoms with Crippen molar-refractivity contribution in [1.29, 1.82) is 0 Å². The van der Waals surface area contributed by atoms with Crippen molar-refractivity contribution in [3.8, 4) is 0 Å². The van der Waals surface area contributed by atoms with Crippen LogP contribution in [0.4, 0.5) is 0 Å². The molecule has 0 radical (unpaired) electrons. The molecular formula is C7H16N2. The third-order valence-corrected chi connectivity index (χ3v) is 2.08. The first-order valence-corrected chi connectivity index (χ1v) is 3.67. The van der Waals surface area contributed by atoms with Crippen molar-refractivity contribution in [1.82, 2.24) is 5.32 Å². The molecule has 0 aromatic carbocycles. The number of nitrogens with one attached hydrogen (secondary N) is 2. The molecule has 9 heavy (non-hydrogen) atoms. The molecule has 0 aliphatic carbocycles. The van der Waals surface area contributed by atoms with Crippen molar-refractivity contribution >= 4 is 0 Å². The second kappa shape index (κ2) is 3.18. The molecule has 2 nitrogen and oxygen atoms in total. The molecule has 1 aliphatic heterocycles. The van der Waals surface area contributed by atoms with Crippen LogP contribution in [-0.4, -0.2) is 26.2 Å². The van der Waals surface area contributed by atoms with Crippen LogP contribution in [-0.2, 0) is 0 Å². The van der Waals surface area contributed by atoms with Gasteiger partial charge >= 0.3 is 0 Å². The Morgan fingerprint density at radius 1 is 1.78 bits per heavy atom. The minimum atomic E-state index is 0.773. The minimum Gasteiger partial charge on any atom is -0.464 e. The molecule has 54 valence electrons. The zero-order chi connectivity index (χ0) is 6.69. The standard InChI is InChI=1S/C7H16N2/c1-8-6-7-4-3-5-9(7)2/h7-9H,2-6H2,1H3/t7-/m0/s1. The van der Waals surface area contributed by atoms with E-state index in [1.54, 1.807) is 0 Å². The van der Waals surface area contributed by atoms with E-state index in [9.17, 15) is 0 Å². The van der Waals surface area contributed by atoms with Crippen LogP contribution in [0.1, 0.15) is 12.8 Å². The van der Waals surface area contributed by atoms with Crippen molar-refractivity contribution in [2.24, 2.45) is 0 Å². The van der Waals surface area contributed by atoms with Gasteiger partial charge in [0.1, 0.15) is 0 Å². The van der Waals surface area contributed by atoms with Crippen LogP contribution >= 0.6 is 0 Å². The van der Waals surface area contributed by atoms with E-state index in [2.05, 4.69) is 12.4 Å². The minimum absolute atomic E-state index is 0.773. The summed E-state index contributed by atoms with van der Waals surface area (Å²) in [5.41, 5.74) is 0. The van der Waals surface area contributed by atoms with Gasteiger partial charge in [0.15, 0.2) is 0 Å². The molecular weight excluding hydrogens is 112 g/mol. The lowest BCUT2D eigenvalue weighted by atomic mass is 10.2. The Labute approximate surface area is 57.2 Å². The van der Waals surface area contributed by atoms with Crippen molar-refractivity contribution in [2.45, 2.75) is 18.9 Å². The molecule has 0 aromatic rings. The number of likely N-dealkylation sites (N-methyl/N-ethyl adjacent to an activating group) is 1. The average molecular weight is 128 g/mol. The first kappa shape index (κ1) is 7.03. The fraction of sp³-hybridized carbons (Fsp3) is 0.857. The first-order chi connectivity index (χ1) is 4.34. The highest BCUT2D eigenvalue weighted by Crippen LogP contribution is 1.96. The van der Waals surface area contributed by atoms with Crippen LogP contribution in [0.15, 0.2) is 0 Å². The van der Waals surface area contributed by atoms with Crippen LogP contribution in [0.2, 0.25) is 0 Å². The fourth-order valence-corrected chi connectivity index (χ4v) is 1.48. The topological polar surface area (TPSA) is 16.5 Å². The van der Waals surface area contributed by atoms with Crippen LogP contribution < -0.4 is 10.2 Å². The molecule has 2 N–H and O–H groups in total. The summed E-state index contributed by atoms with van der Waals surface area (Å²) in [4.78, 5) is 1.45. The summed E-state index contributed by atoms with van der Waals surface area (Å²) in [7, 11) is 6.02. The van der Waals surface area contributed by atoms with E-state index in [4.69, 9.17) is 0 Å². The molecule has 1 heterocycles. The first-order valence-electron chi connectivity index (χ1n) is 3.67. The lowest BCUT2D eigenvalue weighted by Gasteiger charge is -2.22. The number of quaternary nitrogens is 1. The number of likely N-dealkylation sites (tertiary alicyclic amines) is 1. The Balaban J connectivity index is 2.22. The number of hydrogen-bond acceptors (Lipinski definition) is 1. The lowest BCUT2D eigenvalue weighted by Crippen LogP contribution is -3.09. The maximum absolute atomic E-state index is 4.01.